The number of hydrogen-bond donors (Lipinski definition) is 0. The van der Waals surface area contributed by atoms with Crippen molar-refractivity contribution in [1.29, 1.82) is 0 Å². The molecule has 0 radical (unpaired) electrons. The van der Waals surface area contributed by atoms with E-state index in [-0.39, 0.29) is 0 Å². The lowest BCUT2D eigenvalue weighted by atomic mass is 9.95. The molecule has 0 N–H and O–H groups in total. The van der Waals surface area contributed by atoms with Gasteiger partial charge in [0.25, 0.3) is 0 Å². The molecule has 0 saturated carbocycles. The van der Waals surface area contributed by atoms with Gasteiger partial charge in [-0.15, -0.1) is 0 Å². The Morgan fingerprint density at radius 2 is 0.804 bits per heavy atom. The summed E-state index contributed by atoms with van der Waals surface area (Å²) in [5.74, 6) is 0.644. The van der Waals surface area contributed by atoms with E-state index in [1.807, 2.05) is 12.3 Å². The van der Waals surface area contributed by atoms with Gasteiger partial charge < -0.3 is 4.57 Å². The van der Waals surface area contributed by atoms with Gasteiger partial charge in [-0.1, -0.05) is 146 Å². The molecule has 0 spiro atoms. The molecule has 0 aliphatic carbocycles. The van der Waals surface area contributed by atoms with E-state index >= 15 is 0 Å². The van der Waals surface area contributed by atoms with Crippen LogP contribution in [-0.4, -0.2) is 19.1 Å². The van der Waals surface area contributed by atoms with Crippen LogP contribution in [0.2, 0.25) is 0 Å². The van der Waals surface area contributed by atoms with E-state index in [0.717, 1.165) is 44.5 Å². The average molecular weight is 715 g/mol. The summed E-state index contributed by atoms with van der Waals surface area (Å²) < 4.78 is 4.56. The zero-order chi connectivity index (χ0) is 37.0. The standard InChI is InChI=1S/C52H34N4/c1-3-13-35(14-4-1)36-23-25-37(26-24-36)41-17-7-8-18-42(41)47-31-32-53-52(54-47)56-49-22-12-10-20-44(49)46-34-39(28-30-51(46)56)38-27-29-50-45(33-38)43-19-9-11-21-48(43)55(50)40-15-5-2-6-16-40/h1-34H. The molecule has 0 aliphatic heterocycles. The Labute approximate surface area is 324 Å². The zero-order valence-electron chi connectivity index (χ0n) is 30.4. The Morgan fingerprint density at radius 1 is 0.321 bits per heavy atom. The van der Waals surface area contributed by atoms with Gasteiger partial charge in [-0.3, -0.25) is 4.57 Å². The van der Waals surface area contributed by atoms with Crippen LogP contribution in [0.15, 0.2) is 206 Å². The molecule has 3 aromatic heterocycles. The summed E-state index contributed by atoms with van der Waals surface area (Å²) in [4.78, 5) is 10.1. The molecule has 11 aromatic rings. The first kappa shape index (κ1) is 31.9. The molecule has 0 fully saturated rings. The first-order valence-electron chi connectivity index (χ1n) is 19.0. The van der Waals surface area contributed by atoms with Crippen molar-refractivity contribution in [3.05, 3.63) is 206 Å². The van der Waals surface area contributed by atoms with Gasteiger partial charge in [0.1, 0.15) is 0 Å². The molecule has 56 heavy (non-hydrogen) atoms. The summed E-state index contributed by atoms with van der Waals surface area (Å²) in [5, 5.41) is 4.81. The van der Waals surface area contributed by atoms with Crippen LogP contribution in [0.25, 0.3) is 99.9 Å². The van der Waals surface area contributed by atoms with E-state index in [4.69, 9.17) is 9.97 Å². The third-order valence-corrected chi connectivity index (χ3v) is 11.0. The fourth-order valence-electron chi connectivity index (χ4n) is 8.41. The molecule has 0 unspecified atom stereocenters. The van der Waals surface area contributed by atoms with Crippen molar-refractivity contribution in [3.63, 3.8) is 0 Å². The van der Waals surface area contributed by atoms with Crippen molar-refractivity contribution in [2.24, 2.45) is 0 Å². The summed E-state index contributed by atoms with van der Waals surface area (Å²) in [6, 6.07) is 71.3. The third kappa shape index (κ3) is 5.23. The monoisotopic (exact) mass is 714 g/mol. The predicted octanol–water partition coefficient (Wildman–Crippen LogP) is 13.3. The van der Waals surface area contributed by atoms with E-state index in [1.54, 1.807) is 0 Å². The SMILES string of the molecule is c1ccc(-c2ccc(-c3ccccc3-c3ccnc(-n4c5ccccc5c5cc(-c6ccc7c(c6)c6ccccc6n7-c6ccccc6)ccc54)n3)cc2)cc1. The van der Waals surface area contributed by atoms with Gasteiger partial charge in [-0.25, -0.2) is 9.97 Å². The minimum Gasteiger partial charge on any atom is -0.309 e. The van der Waals surface area contributed by atoms with Gasteiger partial charge in [-0.05, 0) is 88.0 Å². The van der Waals surface area contributed by atoms with E-state index in [1.165, 1.54) is 49.4 Å². The highest BCUT2D eigenvalue weighted by atomic mass is 15.2. The van der Waals surface area contributed by atoms with E-state index in [2.05, 4.69) is 203 Å². The minimum absolute atomic E-state index is 0.644. The zero-order valence-corrected chi connectivity index (χ0v) is 30.4. The van der Waals surface area contributed by atoms with Gasteiger partial charge in [0.2, 0.25) is 5.95 Å². The minimum atomic E-state index is 0.644. The van der Waals surface area contributed by atoms with Crippen LogP contribution >= 0.6 is 0 Å². The molecular weight excluding hydrogens is 681 g/mol. The number of aromatic nitrogens is 4. The van der Waals surface area contributed by atoms with Gasteiger partial charge in [0.15, 0.2) is 0 Å². The van der Waals surface area contributed by atoms with Crippen molar-refractivity contribution in [3.8, 4) is 56.3 Å². The van der Waals surface area contributed by atoms with Gasteiger partial charge in [0.05, 0.1) is 27.8 Å². The molecule has 0 atom stereocenters. The summed E-state index contributed by atoms with van der Waals surface area (Å²) in [6.45, 7) is 0. The Kier molecular flexibility index (Phi) is 7.46. The molecule has 0 aliphatic rings. The molecule has 11 rings (SSSR count). The maximum absolute atomic E-state index is 5.26. The van der Waals surface area contributed by atoms with Crippen LogP contribution in [0.3, 0.4) is 0 Å². The van der Waals surface area contributed by atoms with Gasteiger partial charge >= 0.3 is 0 Å². The van der Waals surface area contributed by atoms with Crippen LogP contribution in [0.5, 0.6) is 0 Å². The number of rotatable bonds is 6. The van der Waals surface area contributed by atoms with Gasteiger partial charge in [0, 0.05) is 39.0 Å². The summed E-state index contributed by atoms with van der Waals surface area (Å²) >= 11 is 0. The lowest BCUT2D eigenvalue weighted by molar-refractivity contribution is 0.992. The maximum Gasteiger partial charge on any atom is 0.235 e. The van der Waals surface area contributed by atoms with Crippen molar-refractivity contribution in [2.75, 3.05) is 0 Å². The first-order valence-corrected chi connectivity index (χ1v) is 19.0. The maximum atomic E-state index is 5.26. The third-order valence-electron chi connectivity index (χ3n) is 11.0. The lowest BCUT2D eigenvalue weighted by Gasteiger charge is -2.12. The number of benzene rings is 8. The molecular formula is C52H34N4. The second kappa shape index (κ2) is 13.1. The van der Waals surface area contributed by atoms with Crippen LogP contribution in [0.4, 0.5) is 0 Å². The highest BCUT2D eigenvalue weighted by molar-refractivity contribution is 6.12. The van der Waals surface area contributed by atoms with Crippen LogP contribution in [-0.2, 0) is 0 Å². The molecule has 0 saturated heterocycles. The normalized spacial score (nSPS) is 11.6. The largest absolute Gasteiger partial charge is 0.309 e. The van der Waals surface area contributed by atoms with E-state index in [9.17, 15) is 0 Å². The molecule has 0 bridgehead atoms. The second-order valence-electron chi connectivity index (χ2n) is 14.2. The first-order chi connectivity index (χ1) is 27.8. The van der Waals surface area contributed by atoms with Crippen molar-refractivity contribution in [1.82, 2.24) is 19.1 Å². The topological polar surface area (TPSA) is 35.6 Å². The summed E-state index contributed by atoms with van der Waals surface area (Å²) in [6.07, 6.45) is 1.88. The summed E-state index contributed by atoms with van der Waals surface area (Å²) in [7, 11) is 0. The number of nitrogens with zero attached hydrogens (tertiary/aromatic N) is 4. The van der Waals surface area contributed by atoms with Gasteiger partial charge in [-0.2, -0.15) is 0 Å². The second-order valence-corrected chi connectivity index (χ2v) is 14.2. The number of hydrogen-bond acceptors (Lipinski definition) is 2. The highest BCUT2D eigenvalue weighted by Gasteiger charge is 2.18. The molecule has 0 amide bonds. The van der Waals surface area contributed by atoms with E-state index < -0.39 is 0 Å². The fourth-order valence-corrected chi connectivity index (χ4v) is 8.41. The quantitative estimate of drug-likeness (QED) is 0.172. The average Bonchev–Trinajstić information content (AvgIpc) is 3.79. The molecule has 4 nitrogen and oxygen atoms in total. The van der Waals surface area contributed by atoms with Crippen LogP contribution in [0.1, 0.15) is 0 Å². The molecule has 262 valence electrons. The smallest absolute Gasteiger partial charge is 0.235 e. The summed E-state index contributed by atoms with van der Waals surface area (Å²) in [5.41, 5.74) is 14.7. The van der Waals surface area contributed by atoms with Crippen molar-refractivity contribution >= 4 is 43.6 Å². The Hall–Kier alpha value is -7.56. The highest BCUT2D eigenvalue weighted by Crippen LogP contribution is 2.39. The van der Waals surface area contributed by atoms with E-state index in [0.29, 0.717) is 5.95 Å². The fraction of sp³-hybridized carbons (Fsp3) is 0. The Bertz CT molecular complexity index is 3230. The van der Waals surface area contributed by atoms with Crippen molar-refractivity contribution < 1.29 is 0 Å². The molecule has 8 aromatic carbocycles. The lowest BCUT2D eigenvalue weighted by Crippen LogP contribution is -2.02. The molecule has 3 heterocycles. The number of fused-ring (bicyclic) bond motifs is 6. The van der Waals surface area contributed by atoms with Crippen LogP contribution < -0.4 is 0 Å². The molecule has 4 heteroatoms. The van der Waals surface area contributed by atoms with Crippen LogP contribution in [0, 0.1) is 0 Å². The predicted molar refractivity (Wildman–Crippen MR) is 232 cm³/mol. The Balaban J connectivity index is 1.01. The number of para-hydroxylation sites is 3. The Morgan fingerprint density at radius 3 is 1.48 bits per heavy atom. The van der Waals surface area contributed by atoms with Crippen molar-refractivity contribution in [2.45, 2.75) is 0 Å².